The van der Waals surface area contributed by atoms with Crippen LogP contribution in [0.15, 0.2) is 77.2 Å². The maximum Gasteiger partial charge on any atom is 0.449 e. The number of methoxy groups -OCH3 is 1. The highest BCUT2D eigenvalue weighted by molar-refractivity contribution is 6.24. The van der Waals surface area contributed by atoms with E-state index in [1.54, 1.807) is 19.1 Å². The Kier molecular flexibility index (Phi) is 7.13. The molecule has 0 aromatic carbocycles. The van der Waals surface area contributed by atoms with Gasteiger partial charge in [-0.05, 0) is 111 Å². The molecule has 1 aromatic heterocycles. The van der Waals surface area contributed by atoms with E-state index < -0.39 is 11.9 Å². The van der Waals surface area contributed by atoms with Crippen LogP contribution in [0.2, 0.25) is 0 Å². The van der Waals surface area contributed by atoms with Crippen molar-refractivity contribution in [3.8, 4) is 0 Å². The van der Waals surface area contributed by atoms with E-state index in [0.717, 1.165) is 63.4 Å². The monoisotopic (exact) mass is 602 g/mol. The number of rotatable bonds is 4. The van der Waals surface area contributed by atoms with Gasteiger partial charge in [-0.3, -0.25) is 4.79 Å². The molecule has 0 amide bonds. The number of nitrogens with zero attached hydrogens (tertiary/aromatic N) is 3. The fourth-order valence-electron chi connectivity index (χ4n) is 6.60. The average molecular weight is 603 g/mol. The van der Waals surface area contributed by atoms with Crippen molar-refractivity contribution in [2.24, 2.45) is 15.0 Å². The van der Waals surface area contributed by atoms with E-state index >= 15 is 0 Å². The van der Waals surface area contributed by atoms with E-state index in [0.29, 0.717) is 35.6 Å². The highest BCUT2D eigenvalue weighted by Crippen LogP contribution is 2.44. The summed E-state index contributed by atoms with van der Waals surface area (Å²) >= 11 is 0. The van der Waals surface area contributed by atoms with Crippen molar-refractivity contribution in [1.29, 1.82) is 0 Å². The molecular weight excluding hydrogens is 569 g/mol. The summed E-state index contributed by atoms with van der Waals surface area (Å²) in [5, 5.41) is 10.2. The van der Waals surface area contributed by atoms with Crippen molar-refractivity contribution < 1.29 is 27.8 Å². The fraction of sp³-hybridized carbons (Fsp3) is 0.353. The number of carbonyl (C=O) groups excluding carboxylic acids is 1. The molecular formula is C34H33F3N4O3. The molecule has 1 aliphatic carbocycles. The van der Waals surface area contributed by atoms with Crippen LogP contribution in [0.25, 0.3) is 17.9 Å². The summed E-state index contributed by atoms with van der Waals surface area (Å²) in [6.07, 6.45) is 3.03. The molecule has 0 atom stereocenters. The summed E-state index contributed by atoms with van der Waals surface area (Å²) in [4.78, 5) is 30.2. The summed E-state index contributed by atoms with van der Waals surface area (Å²) in [5.74, 6) is -2.02. The highest BCUT2D eigenvalue weighted by Gasteiger charge is 2.37. The van der Waals surface area contributed by atoms with Crippen molar-refractivity contribution in [2.75, 3.05) is 7.11 Å². The second-order valence-corrected chi connectivity index (χ2v) is 11.5. The van der Waals surface area contributed by atoms with Crippen LogP contribution in [0.1, 0.15) is 71.1 Å². The number of aliphatic hydroxyl groups is 1. The second kappa shape index (κ2) is 10.6. The van der Waals surface area contributed by atoms with Gasteiger partial charge < -0.3 is 14.8 Å². The Morgan fingerprint density at radius 1 is 0.932 bits per heavy atom. The van der Waals surface area contributed by atoms with E-state index in [4.69, 9.17) is 19.7 Å². The molecule has 0 radical (unpaired) electrons. The molecule has 1 aromatic rings. The fourth-order valence-corrected chi connectivity index (χ4v) is 6.60. The van der Waals surface area contributed by atoms with Crippen molar-refractivity contribution in [1.82, 2.24) is 4.98 Å². The van der Waals surface area contributed by atoms with Crippen LogP contribution in [0.3, 0.4) is 0 Å². The zero-order valence-corrected chi connectivity index (χ0v) is 25.5. The first kappa shape index (κ1) is 29.6. The van der Waals surface area contributed by atoms with E-state index in [-0.39, 0.29) is 28.5 Å². The van der Waals surface area contributed by atoms with Gasteiger partial charge in [-0.25, -0.2) is 15.0 Å². The molecule has 5 aliphatic rings. The van der Waals surface area contributed by atoms with Gasteiger partial charge in [0, 0.05) is 17.7 Å². The maximum absolute atomic E-state index is 13.9. The Labute approximate surface area is 252 Å². The molecule has 0 saturated heterocycles. The smallest absolute Gasteiger partial charge is 0.449 e. The number of fused-ring (bicyclic) bond motifs is 5. The van der Waals surface area contributed by atoms with Gasteiger partial charge in [0.1, 0.15) is 0 Å². The minimum Gasteiger partial charge on any atom is -0.504 e. The molecule has 0 fully saturated rings. The van der Waals surface area contributed by atoms with Crippen LogP contribution < -0.4 is 10.6 Å². The van der Waals surface area contributed by atoms with E-state index in [9.17, 15) is 23.1 Å². The highest BCUT2D eigenvalue weighted by atomic mass is 19.4. The van der Waals surface area contributed by atoms with Crippen LogP contribution in [-0.2, 0) is 9.53 Å². The lowest BCUT2D eigenvalue weighted by atomic mass is 9.95. The first-order chi connectivity index (χ1) is 20.8. The van der Waals surface area contributed by atoms with Gasteiger partial charge in [0.15, 0.2) is 0 Å². The lowest BCUT2D eigenvalue weighted by Crippen LogP contribution is -2.33. The SMILES string of the molecule is CCC1=C(C)C2=NC1=CC1=NC3=C(CCC3=C1C)C1=NC(=Cc3[nH]c(/c(=C(\O)C(F)(F)F)c3C)=C2)C(C)=C1CCC(=O)OC. The van der Waals surface area contributed by atoms with E-state index in [1.807, 2.05) is 26.8 Å². The minimum absolute atomic E-state index is 0.0985. The standard InChI is InChI=1S/C34H33F3N4O3/c1-7-19-15(2)23-14-28-30(33(43)34(35,36)37)18(5)26(39-28)12-24-17(4)21(10-11-29(42)44-6)32(40-24)22-9-8-20-16(3)25(41-31(20)22)13-27(19)38-23/h12-14,39,43H,7-11H2,1-6H3/b24-12?,27-13?,28-14?,33-30-. The van der Waals surface area contributed by atoms with Crippen LogP contribution in [-0.4, -0.2) is 46.5 Å². The summed E-state index contributed by atoms with van der Waals surface area (Å²) < 4.78 is 46.6. The average Bonchev–Trinajstić information content (AvgIpc) is 3.74. The Balaban J connectivity index is 1.69. The molecule has 0 spiro atoms. The summed E-state index contributed by atoms with van der Waals surface area (Å²) in [5.41, 5.74) is 11.6. The van der Waals surface area contributed by atoms with E-state index in [1.165, 1.54) is 12.7 Å². The molecule has 228 valence electrons. The minimum atomic E-state index is -4.95. The van der Waals surface area contributed by atoms with Crippen LogP contribution in [0.5, 0.6) is 0 Å². The maximum atomic E-state index is 13.9. The first-order valence-corrected chi connectivity index (χ1v) is 14.7. The molecule has 6 rings (SSSR count). The normalized spacial score (nSPS) is 20.2. The molecule has 10 heteroatoms. The molecule has 2 N–H and O–H groups in total. The van der Waals surface area contributed by atoms with Gasteiger partial charge in [0.05, 0.1) is 51.9 Å². The Hall–Kier alpha value is -4.47. The number of halogens is 3. The Morgan fingerprint density at radius 2 is 1.64 bits per heavy atom. The number of allylic oxidation sites excluding steroid dienone is 8. The number of ether oxygens (including phenoxy) is 1. The first-order valence-electron chi connectivity index (χ1n) is 14.7. The molecule has 5 heterocycles. The van der Waals surface area contributed by atoms with Gasteiger partial charge >= 0.3 is 12.1 Å². The third-order valence-electron chi connectivity index (χ3n) is 9.11. The predicted molar refractivity (Wildman–Crippen MR) is 166 cm³/mol. The molecule has 0 unspecified atom stereocenters. The number of H-pyrrole nitrogens is 1. The third-order valence-corrected chi connectivity index (χ3v) is 9.11. The molecule has 0 saturated carbocycles. The van der Waals surface area contributed by atoms with Gasteiger partial charge in [0.25, 0.3) is 0 Å². The summed E-state index contributed by atoms with van der Waals surface area (Å²) in [6, 6.07) is 0. The van der Waals surface area contributed by atoms with Gasteiger partial charge in [-0.2, -0.15) is 13.2 Å². The van der Waals surface area contributed by atoms with Gasteiger partial charge in [0.2, 0.25) is 5.76 Å². The van der Waals surface area contributed by atoms with Crippen molar-refractivity contribution in [3.05, 3.63) is 84.0 Å². The number of aliphatic imine (C=N–C) groups is 3. The number of aromatic nitrogens is 1. The molecule has 7 nitrogen and oxygen atoms in total. The number of alkyl halides is 3. The Bertz CT molecular complexity index is 1970. The second-order valence-electron chi connectivity index (χ2n) is 11.5. The Morgan fingerprint density at radius 3 is 2.32 bits per heavy atom. The van der Waals surface area contributed by atoms with Crippen LogP contribution in [0, 0.1) is 6.92 Å². The number of nitrogens with one attached hydrogen (secondary N) is 1. The lowest BCUT2D eigenvalue weighted by Gasteiger charge is -2.09. The van der Waals surface area contributed by atoms with Gasteiger partial charge in [-0.15, -0.1) is 0 Å². The number of hydrogen-bond donors (Lipinski definition) is 2. The number of aliphatic hydroxyl groups excluding tert-OH is 1. The van der Waals surface area contributed by atoms with Crippen molar-refractivity contribution >= 4 is 41.0 Å². The third kappa shape index (κ3) is 4.67. The molecule has 4 aliphatic heterocycles. The van der Waals surface area contributed by atoms with Crippen molar-refractivity contribution in [3.63, 3.8) is 0 Å². The number of aromatic amines is 1. The largest absolute Gasteiger partial charge is 0.504 e. The number of hydrogen-bond acceptors (Lipinski definition) is 6. The quantitative estimate of drug-likeness (QED) is 0.396. The number of esters is 1. The van der Waals surface area contributed by atoms with Crippen LogP contribution in [0.4, 0.5) is 13.2 Å². The van der Waals surface area contributed by atoms with Gasteiger partial charge in [-0.1, -0.05) is 6.92 Å². The zero-order valence-electron chi connectivity index (χ0n) is 25.5. The summed E-state index contributed by atoms with van der Waals surface area (Å²) in [7, 11) is 1.35. The predicted octanol–water partition coefficient (Wildman–Crippen LogP) is 6.29. The lowest BCUT2D eigenvalue weighted by molar-refractivity contribution is -0.140. The molecule has 44 heavy (non-hydrogen) atoms. The number of carbonyl (C=O) groups is 1. The van der Waals surface area contributed by atoms with E-state index in [2.05, 4.69) is 11.9 Å². The zero-order chi connectivity index (χ0) is 31.7. The topological polar surface area (TPSA) is 99.4 Å². The molecule has 8 bridgehead atoms. The summed E-state index contributed by atoms with van der Waals surface area (Å²) in [6.45, 7) is 9.42. The van der Waals surface area contributed by atoms with Crippen molar-refractivity contribution in [2.45, 2.75) is 72.9 Å². The van der Waals surface area contributed by atoms with Crippen LogP contribution >= 0.6 is 0 Å².